The van der Waals surface area contributed by atoms with Crippen LogP contribution in [0.4, 0.5) is 10.1 Å². The number of nitrogens with one attached hydrogen (secondary N) is 1. The number of rotatable bonds is 6. The number of amides is 1. The molecule has 0 unspecified atom stereocenters. The van der Waals surface area contributed by atoms with Gasteiger partial charge in [-0.3, -0.25) is 9.79 Å². The topological polar surface area (TPSA) is 57.1 Å². The van der Waals surface area contributed by atoms with E-state index in [0.29, 0.717) is 5.92 Å². The van der Waals surface area contributed by atoms with E-state index in [1.165, 1.54) is 29.5 Å². The number of hydrogen-bond acceptors (Lipinski definition) is 5. The number of nitrogens with zero attached hydrogens (tertiary/aromatic N) is 3. The Hall–Kier alpha value is -2.51. The molecule has 5 nitrogen and oxygen atoms in total. The van der Waals surface area contributed by atoms with E-state index < -0.39 is 5.66 Å². The second-order valence-corrected chi connectivity index (χ2v) is 9.88. The van der Waals surface area contributed by atoms with E-state index in [9.17, 15) is 9.18 Å². The van der Waals surface area contributed by atoms with Gasteiger partial charge in [0.1, 0.15) is 10.9 Å². The SMILES string of the molecule is CCN1CCC2(CC1)N=C(SCC(=O)Nc1ccc(C(C)C)cc1)C(c1ccc(F)cc1)=N2. The molecule has 1 saturated heterocycles. The third kappa shape index (κ3) is 5.71. The molecule has 2 aromatic carbocycles. The van der Waals surface area contributed by atoms with Gasteiger partial charge in [0.2, 0.25) is 5.91 Å². The highest BCUT2D eigenvalue weighted by Crippen LogP contribution is 2.35. The fraction of sp³-hybridized carbons (Fsp3) is 0.423. The molecule has 1 amide bonds. The van der Waals surface area contributed by atoms with Crippen LogP contribution < -0.4 is 5.32 Å². The zero-order chi connectivity index (χ0) is 23.4. The summed E-state index contributed by atoms with van der Waals surface area (Å²) in [6, 6.07) is 14.3. The molecule has 0 aromatic heterocycles. The Kier molecular flexibility index (Phi) is 7.29. The van der Waals surface area contributed by atoms with Crippen molar-refractivity contribution in [3.63, 3.8) is 0 Å². The van der Waals surface area contributed by atoms with Crippen LogP contribution in [0.3, 0.4) is 0 Å². The van der Waals surface area contributed by atoms with Gasteiger partial charge in [-0.1, -0.05) is 44.7 Å². The van der Waals surface area contributed by atoms with Crippen molar-refractivity contribution in [1.82, 2.24) is 4.90 Å². The van der Waals surface area contributed by atoms with E-state index in [0.717, 1.165) is 54.5 Å². The summed E-state index contributed by atoms with van der Waals surface area (Å²) in [4.78, 5) is 25.1. The average molecular weight is 467 g/mol. The number of carbonyl (C=O) groups excluding carboxylic acids is 1. The lowest BCUT2D eigenvalue weighted by molar-refractivity contribution is -0.113. The van der Waals surface area contributed by atoms with Crippen molar-refractivity contribution in [3.8, 4) is 0 Å². The fourth-order valence-electron chi connectivity index (χ4n) is 4.15. The highest BCUT2D eigenvalue weighted by Gasteiger charge is 2.39. The minimum atomic E-state index is -0.471. The van der Waals surface area contributed by atoms with Gasteiger partial charge in [0.05, 0.1) is 11.5 Å². The summed E-state index contributed by atoms with van der Waals surface area (Å²) in [6.45, 7) is 9.38. The van der Waals surface area contributed by atoms with Crippen molar-refractivity contribution >= 4 is 34.1 Å². The standard InChI is InChI=1S/C26H31FN4OS/c1-4-31-15-13-26(14-16-31)29-24(20-5-9-21(27)10-6-20)25(30-26)33-17-23(32)28-22-11-7-19(8-12-22)18(2)3/h5-12,18H,4,13-17H2,1-3H3,(H,28,32). The maximum absolute atomic E-state index is 13.5. The monoisotopic (exact) mass is 466 g/mol. The van der Waals surface area contributed by atoms with E-state index in [2.05, 4.69) is 31.0 Å². The van der Waals surface area contributed by atoms with Gasteiger partial charge in [-0.25, -0.2) is 9.38 Å². The molecule has 0 saturated carbocycles. The lowest BCUT2D eigenvalue weighted by Gasteiger charge is -2.34. The Morgan fingerprint density at radius 3 is 2.36 bits per heavy atom. The molecule has 2 aliphatic heterocycles. The number of hydrogen-bond donors (Lipinski definition) is 1. The van der Waals surface area contributed by atoms with Crippen molar-refractivity contribution < 1.29 is 9.18 Å². The van der Waals surface area contributed by atoms with Crippen molar-refractivity contribution in [2.75, 3.05) is 30.7 Å². The first-order chi connectivity index (χ1) is 15.9. The molecule has 2 aromatic rings. The van der Waals surface area contributed by atoms with Gasteiger partial charge < -0.3 is 10.2 Å². The first kappa shape index (κ1) is 23.6. The maximum Gasteiger partial charge on any atom is 0.234 e. The third-order valence-corrected chi connectivity index (χ3v) is 7.22. The van der Waals surface area contributed by atoms with Gasteiger partial charge in [0, 0.05) is 37.2 Å². The summed E-state index contributed by atoms with van der Waals surface area (Å²) in [5.74, 6) is 0.325. The number of thioether (sulfide) groups is 1. The Morgan fingerprint density at radius 2 is 1.76 bits per heavy atom. The molecule has 0 bridgehead atoms. The number of piperidine rings is 1. The van der Waals surface area contributed by atoms with Crippen LogP contribution in [0.5, 0.6) is 0 Å². The molecule has 2 aliphatic rings. The van der Waals surface area contributed by atoms with Gasteiger partial charge >= 0.3 is 0 Å². The second kappa shape index (κ2) is 10.2. The van der Waals surface area contributed by atoms with Gasteiger partial charge in [0.15, 0.2) is 5.66 Å². The molecule has 1 fully saturated rings. The molecule has 174 valence electrons. The molecule has 7 heteroatoms. The van der Waals surface area contributed by atoms with E-state index in [-0.39, 0.29) is 17.5 Å². The maximum atomic E-state index is 13.5. The number of aliphatic imine (C=N–C) groups is 2. The summed E-state index contributed by atoms with van der Waals surface area (Å²) >= 11 is 1.40. The lowest BCUT2D eigenvalue weighted by Crippen LogP contribution is -2.41. The second-order valence-electron chi connectivity index (χ2n) is 8.91. The minimum Gasteiger partial charge on any atom is -0.325 e. The van der Waals surface area contributed by atoms with Crippen LogP contribution in [0.15, 0.2) is 58.5 Å². The van der Waals surface area contributed by atoms with Gasteiger partial charge in [0.25, 0.3) is 0 Å². The predicted octanol–water partition coefficient (Wildman–Crippen LogP) is 5.33. The number of carbonyl (C=O) groups is 1. The first-order valence-electron chi connectivity index (χ1n) is 11.6. The summed E-state index contributed by atoms with van der Waals surface area (Å²) in [5, 5.41) is 3.73. The molecule has 2 heterocycles. The highest BCUT2D eigenvalue weighted by atomic mass is 32.2. The smallest absolute Gasteiger partial charge is 0.234 e. The summed E-state index contributed by atoms with van der Waals surface area (Å²) < 4.78 is 13.5. The van der Waals surface area contributed by atoms with Crippen molar-refractivity contribution in [1.29, 1.82) is 0 Å². The van der Waals surface area contributed by atoms with Crippen LogP contribution in [0.25, 0.3) is 0 Å². The van der Waals surface area contributed by atoms with Crippen molar-refractivity contribution in [2.24, 2.45) is 9.98 Å². The average Bonchev–Trinajstić information content (AvgIpc) is 3.17. The van der Waals surface area contributed by atoms with Crippen LogP contribution in [0.2, 0.25) is 0 Å². The Morgan fingerprint density at radius 1 is 1.09 bits per heavy atom. The number of benzene rings is 2. The highest BCUT2D eigenvalue weighted by molar-refractivity contribution is 8.16. The Labute approximate surface area is 199 Å². The molecule has 0 aliphatic carbocycles. The normalized spacial score (nSPS) is 17.8. The minimum absolute atomic E-state index is 0.0831. The third-order valence-electron chi connectivity index (χ3n) is 6.25. The van der Waals surface area contributed by atoms with E-state index in [1.54, 1.807) is 12.1 Å². The lowest BCUT2D eigenvalue weighted by atomic mass is 9.98. The largest absolute Gasteiger partial charge is 0.325 e. The van der Waals surface area contributed by atoms with Gasteiger partial charge in [-0.2, -0.15) is 0 Å². The Bertz CT molecular complexity index is 1040. The van der Waals surface area contributed by atoms with Crippen molar-refractivity contribution in [2.45, 2.75) is 45.2 Å². The Balaban J connectivity index is 1.46. The molecule has 4 rings (SSSR count). The quantitative estimate of drug-likeness (QED) is 0.626. The van der Waals surface area contributed by atoms with Crippen molar-refractivity contribution in [3.05, 3.63) is 65.5 Å². The summed E-state index contributed by atoms with van der Waals surface area (Å²) in [5.41, 5.74) is 3.15. The first-order valence-corrected chi connectivity index (χ1v) is 12.6. The van der Waals surface area contributed by atoms with Crippen LogP contribution in [-0.2, 0) is 4.79 Å². The molecule has 33 heavy (non-hydrogen) atoms. The summed E-state index contributed by atoms with van der Waals surface area (Å²) in [6.07, 6.45) is 1.70. The van der Waals surface area contributed by atoms with Gasteiger partial charge in [-0.15, -0.1) is 0 Å². The molecule has 1 spiro atoms. The van der Waals surface area contributed by atoms with Crippen LogP contribution >= 0.6 is 11.8 Å². The van der Waals surface area contributed by atoms with Crippen LogP contribution in [0, 0.1) is 5.82 Å². The zero-order valence-electron chi connectivity index (χ0n) is 19.5. The molecule has 0 atom stereocenters. The van der Waals surface area contributed by atoms with E-state index >= 15 is 0 Å². The predicted molar refractivity (Wildman–Crippen MR) is 136 cm³/mol. The molecular weight excluding hydrogens is 435 g/mol. The summed E-state index contributed by atoms with van der Waals surface area (Å²) in [7, 11) is 0. The number of anilines is 1. The van der Waals surface area contributed by atoms with E-state index in [1.807, 2.05) is 24.3 Å². The zero-order valence-corrected chi connectivity index (χ0v) is 20.3. The number of likely N-dealkylation sites (tertiary alicyclic amines) is 1. The number of halogens is 1. The van der Waals surface area contributed by atoms with Gasteiger partial charge in [-0.05, 0) is 54.4 Å². The molecule has 0 radical (unpaired) electrons. The van der Waals surface area contributed by atoms with Crippen LogP contribution in [0.1, 0.15) is 50.7 Å². The molecular formula is C26H31FN4OS. The van der Waals surface area contributed by atoms with Crippen LogP contribution in [-0.4, -0.2) is 52.6 Å². The molecule has 1 N–H and O–H groups in total. The van der Waals surface area contributed by atoms with E-state index in [4.69, 9.17) is 9.98 Å². The fourth-order valence-corrected chi connectivity index (χ4v) is 5.03.